The Morgan fingerprint density at radius 2 is 2.00 bits per heavy atom. The number of nitrogens with two attached hydrogens (primary N) is 1. The van der Waals surface area contributed by atoms with Crippen LogP contribution < -0.4 is 15.8 Å². The number of aryl methyl sites for hydroxylation is 1. The predicted octanol–water partition coefficient (Wildman–Crippen LogP) is 2.70. The summed E-state index contributed by atoms with van der Waals surface area (Å²) in [6.07, 6.45) is 3.68. The van der Waals surface area contributed by atoms with Gasteiger partial charge in [-0.2, -0.15) is 0 Å². The zero-order chi connectivity index (χ0) is 15.4. The van der Waals surface area contributed by atoms with E-state index in [1.54, 1.807) is 7.11 Å². The summed E-state index contributed by atoms with van der Waals surface area (Å²) in [5.74, 6) is 1.06. The van der Waals surface area contributed by atoms with Crippen LogP contribution in [0.25, 0.3) is 0 Å². The highest BCUT2D eigenvalue weighted by molar-refractivity contribution is 5.79. The lowest BCUT2D eigenvalue weighted by Gasteiger charge is -2.27. The van der Waals surface area contributed by atoms with Crippen molar-refractivity contribution in [2.24, 2.45) is 11.7 Å². The minimum absolute atomic E-state index is 0.0528. The third kappa shape index (κ3) is 3.97. The number of nitrogens with one attached hydrogen (secondary N) is 1. The van der Waals surface area contributed by atoms with Crippen LogP contribution in [0.3, 0.4) is 0 Å². The van der Waals surface area contributed by atoms with Crippen molar-refractivity contribution in [2.45, 2.75) is 51.6 Å². The molecule has 1 saturated carbocycles. The Kier molecular flexibility index (Phi) is 5.23. The van der Waals surface area contributed by atoms with Crippen LogP contribution in [-0.2, 0) is 4.79 Å². The van der Waals surface area contributed by atoms with Crippen molar-refractivity contribution in [3.63, 3.8) is 0 Å². The SMILES string of the molecule is COc1ccc(C)cc1C(C)NC(=O)C1CCC(N)CC1. The Bertz CT molecular complexity index is 494. The van der Waals surface area contributed by atoms with E-state index in [2.05, 4.69) is 11.4 Å². The molecule has 1 amide bonds. The molecule has 0 aliphatic heterocycles. The van der Waals surface area contributed by atoms with E-state index >= 15 is 0 Å². The Morgan fingerprint density at radius 3 is 2.62 bits per heavy atom. The lowest BCUT2D eigenvalue weighted by Crippen LogP contribution is -2.37. The maximum Gasteiger partial charge on any atom is 0.223 e. The maximum absolute atomic E-state index is 12.4. The molecule has 1 atom stereocenters. The summed E-state index contributed by atoms with van der Waals surface area (Å²) in [6, 6.07) is 6.25. The van der Waals surface area contributed by atoms with Crippen LogP contribution in [0.15, 0.2) is 18.2 Å². The number of carbonyl (C=O) groups is 1. The first-order chi connectivity index (χ1) is 10.0. The van der Waals surface area contributed by atoms with Crippen molar-refractivity contribution in [1.82, 2.24) is 5.32 Å². The van der Waals surface area contributed by atoms with Gasteiger partial charge in [0.25, 0.3) is 0 Å². The normalized spacial score (nSPS) is 23.4. The van der Waals surface area contributed by atoms with Gasteiger partial charge in [-0.1, -0.05) is 17.7 Å². The fourth-order valence-corrected chi connectivity index (χ4v) is 2.98. The number of benzene rings is 1. The number of hydrogen-bond acceptors (Lipinski definition) is 3. The molecular formula is C17H26N2O2. The van der Waals surface area contributed by atoms with Gasteiger partial charge in [0.2, 0.25) is 5.91 Å². The van der Waals surface area contributed by atoms with E-state index in [0.717, 1.165) is 42.6 Å². The number of rotatable bonds is 4. The minimum atomic E-state index is -0.0528. The average molecular weight is 290 g/mol. The number of amides is 1. The Morgan fingerprint density at radius 1 is 1.33 bits per heavy atom. The van der Waals surface area contributed by atoms with Gasteiger partial charge in [-0.05, 0) is 45.6 Å². The monoisotopic (exact) mass is 290 g/mol. The molecule has 1 aliphatic rings. The zero-order valence-electron chi connectivity index (χ0n) is 13.2. The van der Waals surface area contributed by atoms with Crippen LogP contribution in [0.2, 0.25) is 0 Å². The molecule has 1 aliphatic carbocycles. The van der Waals surface area contributed by atoms with Gasteiger partial charge in [-0.15, -0.1) is 0 Å². The fraction of sp³-hybridized carbons (Fsp3) is 0.588. The van der Waals surface area contributed by atoms with Crippen molar-refractivity contribution < 1.29 is 9.53 Å². The van der Waals surface area contributed by atoms with E-state index in [1.807, 2.05) is 26.0 Å². The van der Waals surface area contributed by atoms with E-state index in [1.165, 1.54) is 0 Å². The van der Waals surface area contributed by atoms with Crippen LogP contribution in [0.4, 0.5) is 0 Å². The molecule has 1 aromatic rings. The zero-order valence-corrected chi connectivity index (χ0v) is 13.2. The van der Waals surface area contributed by atoms with Gasteiger partial charge < -0.3 is 15.8 Å². The molecule has 116 valence electrons. The lowest BCUT2D eigenvalue weighted by molar-refractivity contribution is -0.126. The number of carbonyl (C=O) groups excluding carboxylic acids is 1. The second kappa shape index (κ2) is 6.94. The van der Waals surface area contributed by atoms with E-state index in [4.69, 9.17) is 10.5 Å². The van der Waals surface area contributed by atoms with E-state index in [9.17, 15) is 4.79 Å². The molecular weight excluding hydrogens is 264 g/mol. The molecule has 21 heavy (non-hydrogen) atoms. The van der Waals surface area contributed by atoms with E-state index in [-0.39, 0.29) is 23.9 Å². The van der Waals surface area contributed by atoms with E-state index in [0.29, 0.717) is 0 Å². The van der Waals surface area contributed by atoms with Crippen molar-refractivity contribution in [1.29, 1.82) is 0 Å². The standard InChI is InChI=1S/C17H26N2O2/c1-11-4-9-16(21-3)15(10-11)12(2)19-17(20)13-5-7-14(18)8-6-13/h4,9-10,12-14H,5-8,18H2,1-3H3,(H,19,20). The summed E-state index contributed by atoms with van der Waals surface area (Å²) in [7, 11) is 1.66. The van der Waals surface area contributed by atoms with Gasteiger partial charge in [0.15, 0.2) is 0 Å². The van der Waals surface area contributed by atoms with Gasteiger partial charge >= 0.3 is 0 Å². The van der Waals surface area contributed by atoms with Gasteiger partial charge in [0.05, 0.1) is 13.2 Å². The molecule has 0 heterocycles. The molecule has 4 nitrogen and oxygen atoms in total. The van der Waals surface area contributed by atoms with Crippen LogP contribution in [0, 0.1) is 12.8 Å². The quantitative estimate of drug-likeness (QED) is 0.896. The van der Waals surface area contributed by atoms with Crippen LogP contribution >= 0.6 is 0 Å². The molecule has 1 fully saturated rings. The number of methoxy groups -OCH3 is 1. The summed E-state index contributed by atoms with van der Waals surface area (Å²) in [5.41, 5.74) is 8.08. The van der Waals surface area contributed by atoms with Crippen molar-refractivity contribution >= 4 is 5.91 Å². The third-order valence-electron chi connectivity index (χ3n) is 4.35. The highest BCUT2D eigenvalue weighted by atomic mass is 16.5. The summed E-state index contributed by atoms with van der Waals surface area (Å²) < 4.78 is 5.39. The van der Waals surface area contributed by atoms with Crippen molar-refractivity contribution in [3.05, 3.63) is 29.3 Å². The van der Waals surface area contributed by atoms with Gasteiger partial charge in [-0.25, -0.2) is 0 Å². The first kappa shape index (κ1) is 15.8. The summed E-state index contributed by atoms with van der Waals surface area (Å²) >= 11 is 0. The van der Waals surface area contributed by atoms with Crippen molar-refractivity contribution in [2.75, 3.05) is 7.11 Å². The smallest absolute Gasteiger partial charge is 0.223 e. The molecule has 0 bridgehead atoms. The topological polar surface area (TPSA) is 64.3 Å². The molecule has 3 N–H and O–H groups in total. The fourth-order valence-electron chi connectivity index (χ4n) is 2.98. The van der Waals surface area contributed by atoms with Gasteiger partial charge in [0, 0.05) is 17.5 Å². The van der Waals surface area contributed by atoms with Crippen molar-refractivity contribution in [3.8, 4) is 5.75 Å². The minimum Gasteiger partial charge on any atom is -0.496 e. The number of hydrogen-bond donors (Lipinski definition) is 2. The molecule has 4 heteroatoms. The highest BCUT2D eigenvalue weighted by Gasteiger charge is 2.26. The molecule has 0 radical (unpaired) electrons. The molecule has 0 spiro atoms. The first-order valence-electron chi connectivity index (χ1n) is 7.71. The number of ether oxygens (including phenoxy) is 1. The predicted molar refractivity (Wildman–Crippen MR) is 84.2 cm³/mol. The Labute approximate surface area is 127 Å². The summed E-state index contributed by atoms with van der Waals surface area (Å²) in [4.78, 5) is 12.4. The van der Waals surface area contributed by atoms with Crippen LogP contribution in [0.1, 0.15) is 49.8 Å². The molecule has 1 unspecified atom stereocenters. The second-order valence-electron chi connectivity index (χ2n) is 6.09. The first-order valence-corrected chi connectivity index (χ1v) is 7.71. The highest BCUT2D eigenvalue weighted by Crippen LogP contribution is 2.28. The molecule has 0 aromatic heterocycles. The largest absolute Gasteiger partial charge is 0.496 e. The third-order valence-corrected chi connectivity index (χ3v) is 4.35. The molecule has 2 rings (SSSR count). The lowest BCUT2D eigenvalue weighted by atomic mass is 9.85. The molecule has 1 aromatic carbocycles. The average Bonchev–Trinajstić information content (AvgIpc) is 2.47. The maximum atomic E-state index is 12.4. The van der Waals surface area contributed by atoms with E-state index < -0.39 is 0 Å². The van der Waals surface area contributed by atoms with Crippen LogP contribution in [0.5, 0.6) is 5.75 Å². The molecule has 0 saturated heterocycles. The Hall–Kier alpha value is -1.55. The van der Waals surface area contributed by atoms with Gasteiger partial charge in [-0.3, -0.25) is 4.79 Å². The second-order valence-corrected chi connectivity index (χ2v) is 6.09. The summed E-state index contributed by atoms with van der Waals surface area (Å²) in [6.45, 7) is 4.05. The summed E-state index contributed by atoms with van der Waals surface area (Å²) in [5, 5.41) is 3.12. The van der Waals surface area contributed by atoms with Gasteiger partial charge in [0.1, 0.15) is 5.75 Å². The Balaban J connectivity index is 2.02. The van der Waals surface area contributed by atoms with Crippen LogP contribution in [-0.4, -0.2) is 19.1 Å².